The molecule has 0 aliphatic heterocycles. The van der Waals surface area contributed by atoms with E-state index < -0.39 is 5.97 Å². The standard InChI is InChI=1S/C18H16N4O4/c1-3-26-17(24)15-14(11-19-18(21-15)22-10-4-9-20-22)16(23)12-5-7-13(25-2)8-6-12/h4-11H,3H2,1-2H3. The summed E-state index contributed by atoms with van der Waals surface area (Å²) >= 11 is 0. The molecule has 0 aliphatic carbocycles. The number of benzene rings is 1. The molecule has 3 aromatic rings. The third-order valence-corrected chi connectivity index (χ3v) is 3.55. The highest BCUT2D eigenvalue weighted by Crippen LogP contribution is 2.18. The smallest absolute Gasteiger partial charge is 0.357 e. The quantitative estimate of drug-likeness (QED) is 0.495. The fourth-order valence-corrected chi connectivity index (χ4v) is 2.29. The lowest BCUT2D eigenvalue weighted by atomic mass is 10.0. The fourth-order valence-electron chi connectivity index (χ4n) is 2.29. The largest absolute Gasteiger partial charge is 0.497 e. The topological polar surface area (TPSA) is 96.2 Å². The van der Waals surface area contributed by atoms with Crippen LogP contribution in [0.2, 0.25) is 0 Å². The number of esters is 1. The number of rotatable bonds is 6. The van der Waals surface area contributed by atoms with E-state index in [2.05, 4.69) is 15.1 Å². The van der Waals surface area contributed by atoms with Crippen LogP contribution < -0.4 is 4.74 Å². The highest BCUT2D eigenvalue weighted by molar-refractivity contribution is 6.13. The van der Waals surface area contributed by atoms with Crippen molar-refractivity contribution in [2.24, 2.45) is 0 Å². The maximum atomic E-state index is 12.8. The minimum atomic E-state index is -0.694. The van der Waals surface area contributed by atoms with E-state index in [1.807, 2.05) is 0 Å². The van der Waals surface area contributed by atoms with E-state index >= 15 is 0 Å². The van der Waals surface area contributed by atoms with Crippen molar-refractivity contribution in [3.8, 4) is 11.7 Å². The van der Waals surface area contributed by atoms with Crippen LogP contribution in [-0.4, -0.2) is 45.2 Å². The number of hydrogen-bond donors (Lipinski definition) is 0. The van der Waals surface area contributed by atoms with E-state index in [0.717, 1.165) is 0 Å². The van der Waals surface area contributed by atoms with Crippen LogP contribution in [0, 0.1) is 0 Å². The van der Waals surface area contributed by atoms with Gasteiger partial charge in [0, 0.05) is 24.2 Å². The molecule has 0 saturated carbocycles. The Labute approximate surface area is 149 Å². The van der Waals surface area contributed by atoms with Crippen LogP contribution in [0.1, 0.15) is 33.3 Å². The second-order valence-electron chi connectivity index (χ2n) is 5.16. The first-order valence-corrected chi connectivity index (χ1v) is 7.87. The summed E-state index contributed by atoms with van der Waals surface area (Å²) in [4.78, 5) is 33.5. The summed E-state index contributed by atoms with van der Waals surface area (Å²) in [5, 5.41) is 4.03. The first-order chi connectivity index (χ1) is 12.6. The average Bonchev–Trinajstić information content (AvgIpc) is 3.22. The second kappa shape index (κ2) is 7.56. The van der Waals surface area contributed by atoms with Gasteiger partial charge in [0.25, 0.3) is 5.95 Å². The molecule has 0 atom stereocenters. The number of aromatic nitrogens is 4. The van der Waals surface area contributed by atoms with E-state index in [1.165, 1.54) is 18.0 Å². The molecule has 3 rings (SSSR count). The van der Waals surface area contributed by atoms with Gasteiger partial charge < -0.3 is 9.47 Å². The SMILES string of the molecule is CCOC(=O)c1nc(-n2cccn2)ncc1C(=O)c1ccc(OC)cc1. The number of hydrogen-bond acceptors (Lipinski definition) is 7. The fraction of sp³-hybridized carbons (Fsp3) is 0.167. The summed E-state index contributed by atoms with van der Waals surface area (Å²) in [6.07, 6.45) is 4.50. The Morgan fingerprint density at radius 1 is 1.19 bits per heavy atom. The van der Waals surface area contributed by atoms with Gasteiger partial charge >= 0.3 is 5.97 Å². The molecule has 0 aliphatic rings. The van der Waals surface area contributed by atoms with Gasteiger partial charge in [-0.2, -0.15) is 5.10 Å². The van der Waals surface area contributed by atoms with Crippen LogP contribution in [-0.2, 0) is 4.74 Å². The number of ketones is 1. The molecule has 2 aromatic heterocycles. The van der Waals surface area contributed by atoms with Gasteiger partial charge in [0.2, 0.25) is 0 Å². The van der Waals surface area contributed by atoms with Crippen molar-refractivity contribution in [1.82, 2.24) is 19.7 Å². The van der Waals surface area contributed by atoms with E-state index in [-0.39, 0.29) is 29.6 Å². The third-order valence-electron chi connectivity index (χ3n) is 3.55. The van der Waals surface area contributed by atoms with Gasteiger partial charge in [-0.15, -0.1) is 0 Å². The van der Waals surface area contributed by atoms with Crippen molar-refractivity contribution >= 4 is 11.8 Å². The van der Waals surface area contributed by atoms with Gasteiger partial charge in [-0.25, -0.2) is 19.4 Å². The number of ether oxygens (including phenoxy) is 2. The summed E-state index contributed by atoms with van der Waals surface area (Å²) in [6, 6.07) is 8.24. The maximum Gasteiger partial charge on any atom is 0.357 e. The maximum absolute atomic E-state index is 12.8. The highest BCUT2D eigenvalue weighted by atomic mass is 16.5. The Hall–Kier alpha value is -3.55. The van der Waals surface area contributed by atoms with Crippen molar-refractivity contribution in [2.45, 2.75) is 6.92 Å². The summed E-state index contributed by atoms with van der Waals surface area (Å²) in [5.41, 5.74) is 0.337. The van der Waals surface area contributed by atoms with Gasteiger partial charge in [0.15, 0.2) is 11.5 Å². The zero-order chi connectivity index (χ0) is 18.5. The van der Waals surface area contributed by atoms with Crippen molar-refractivity contribution in [3.05, 3.63) is 65.7 Å². The number of methoxy groups -OCH3 is 1. The first kappa shape index (κ1) is 17.3. The predicted molar refractivity (Wildman–Crippen MR) is 91.5 cm³/mol. The Balaban J connectivity index is 2.04. The second-order valence-corrected chi connectivity index (χ2v) is 5.16. The molecule has 8 heteroatoms. The lowest BCUT2D eigenvalue weighted by Gasteiger charge is -2.09. The zero-order valence-electron chi connectivity index (χ0n) is 14.2. The van der Waals surface area contributed by atoms with E-state index in [0.29, 0.717) is 11.3 Å². The summed E-state index contributed by atoms with van der Waals surface area (Å²) in [5.74, 6) is -0.287. The first-order valence-electron chi connectivity index (χ1n) is 7.87. The number of carbonyl (C=O) groups excluding carboxylic acids is 2. The molecule has 0 amide bonds. The van der Waals surface area contributed by atoms with Gasteiger partial charge in [-0.3, -0.25) is 4.79 Å². The molecule has 0 unspecified atom stereocenters. The molecule has 26 heavy (non-hydrogen) atoms. The lowest BCUT2D eigenvalue weighted by Crippen LogP contribution is -2.17. The average molecular weight is 352 g/mol. The molecular formula is C18H16N4O4. The van der Waals surface area contributed by atoms with E-state index in [9.17, 15) is 9.59 Å². The minimum absolute atomic E-state index is 0.0597. The van der Waals surface area contributed by atoms with Crippen LogP contribution >= 0.6 is 0 Å². The van der Waals surface area contributed by atoms with Crippen molar-refractivity contribution < 1.29 is 19.1 Å². The molecule has 8 nitrogen and oxygen atoms in total. The highest BCUT2D eigenvalue weighted by Gasteiger charge is 2.23. The van der Waals surface area contributed by atoms with Crippen LogP contribution in [0.4, 0.5) is 0 Å². The van der Waals surface area contributed by atoms with E-state index in [1.54, 1.807) is 49.6 Å². The molecule has 132 valence electrons. The van der Waals surface area contributed by atoms with Crippen LogP contribution in [0.5, 0.6) is 5.75 Å². The molecule has 0 radical (unpaired) electrons. The summed E-state index contributed by atoms with van der Waals surface area (Å²) in [7, 11) is 1.54. The van der Waals surface area contributed by atoms with Gasteiger partial charge in [0.05, 0.1) is 19.3 Å². The zero-order valence-corrected chi connectivity index (χ0v) is 14.2. The summed E-state index contributed by atoms with van der Waals surface area (Å²) < 4.78 is 11.5. The molecular weight excluding hydrogens is 336 g/mol. The molecule has 0 N–H and O–H groups in total. The van der Waals surface area contributed by atoms with Gasteiger partial charge in [-0.05, 0) is 37.3 Å². The van der Waals surface area contributed by atoms with Crippen molar-refractivity contribution in [3.63, 3.8) is 0 Å². The van der Waals surface area contributed by atoms with Crippen molar-refractivity contribution in [2.75, 3.05) is 13.7 Å². The van der Waals surface area contributed by atoms with Gasteiger partial charge in [0.1, 0.15) is 5.75 Å². The van der Waals surface area contributed by atoms with E-state index in [4.69, 9.17) is 9.47 Å². The minimum Gasteiger partial charge on any atom is -0.497 e. The lowest BCUT2D eigenvalue weighted by molar-refractivity contribution is 0.0516. The number of carbonyl (C=O) groups is 2. The molecule has 0 fully saturated rings. The van der Waals surface area contributed by atoms with Crippen LogP contribution in [0.25, 0.3) is 5.95 Å². The van der Waals surface area contributed by atoms with Gasteiger partial charge in [-0.1, -0.05) is 0 Å². The Morgan fingerprint density at radius 3 is 2.58 bits per heavy atom. The Bertz CT molecular complexity index is 921. The number of nitrogens with zero attached hydrogens (tertiary/aromatic N) is 4. The molecule has 0 saturated heterocycles. The monoisotopic (exact) mass is 352 g/mol. The van der Waals surface area contributed by atoms with Crippen LogP contribution in [0.3, 0.4) is 0 Å². The molecule has 1 aromatic carbocycles. The Kier molecular flexibility index (Phi) is 5.02. The summed E-state index contributed by atoms with van der Waals surface area (Å²) in [6.45, 7) is 1.84. The molecule has 0 bridgehead atoms. The van der Waals surface area contributed by atoms with Crippen LogP contribution in [0.15, 0.2) is 48.9 Å². The Morgan fingerprint density at radius 2 is 1.96 bits per heavy atom. The molecule has 2 heterocycles. The predicted octanol–water partition coefficient (Wildman–Crippen LogP) is 2.08. The normalized spacial score (nSPS) is 10.4. The molecule has 0 spiro atoms. The van der Waals surface area contributed by atoms with Crippen molar-refractivity contribution in [1.29, 1.82) is 0 Å². The third kappa shape index (κ3) is 3.44.